The standard InChI is InChI=1S/C20H22O5/c1-13(2)25-18-10-5-14(12-19(18)24-4)11-17(20(21)22)15-6-8-16(23-3)9-7-15/h5-13H,1-4H3,(H,21,22)/b17-11+. The fourth-order valence-corrected chi connectivity index (χ4v) is 2.33. The van der Waals surface area contributed by atoms with Gasteiger partial charge in [0.05, 0.1) is 25.9 Å². The highest BCUT2D eigenvalue weighted by Gasteiger charge is 2.12. The minimum atomic E-state index is -1.01. The molecule has 0 atom stereocenters. The third kappa shape index (κ3) is 4.76. The van der Waals surface area contributed by atoms with E-state index in [1.165, 1.54) is 0 Å². The Morgan fingerprint density at radius 3 is 2.20 bits per heavy atom. The molecule has 0 aromatic heterocycles. The van der Waals surface area contributed by atoms with Crippen LogP contribution >= 0.6 is 0 Å². The first-order valence-corrected chi connectivity index (χ1v) is 7.88. The average Bonchev–Trinajstić information content (AvgIpc) is 2.60. The normalized spacial score (nSPS) is 11.3. The quantitative estimate of drug-likeness (QED) is 0.606. The van der Waals surface area contributed by atoms with Crippen molar-refractivity contribution in [2.45, 2.75) is 20.0 Å². The van der Waals surface area contributed by atoms with Crippen LogP contribution < -0.4 is 14.2 Å². The Balaban J connectivity index is 2.41. The van der Waals surface area contributed by atoms with Gasteiger partial charge in [0.1, 0.15) is 5.75 Å². The van der Waals surface area contributed by atoms with Crippen LogP contribution in [0.15, 0.2) is 42.5 Å². The van der Waals surface area contributed by atoms with Crippen molar-refractivity contribution in [1.29, 1.82) is 0 Å². The summed E-state index contributed by atoms with van der Waals surface area (Å²) in [6.07, 6.45) is 1.62. The Labute approximate surface area is 147 Å². The van der Waals surface area contributed by atoms with Gasteiger partial charge in [-0.1, -0.05) is 18.2 Å². The SMILES string of the molecule is COc1ccc(/C(=C\c2ccc(OC(C)C)c(OC)c2)C(=O)O)cc1. The Morgan fingerprint density at radius 1 is 1.00 bits per heavy atom. The number of ether oxygens (including phenoxy) is 3. The highest BCUT2D eigenvalue weighted by atomic mass is 16.5. The van der Waals surface area contributed by atoms with Crippen LogP contribution in [0.25, 0.3) is 11.6 Å². The number of aliphatic carboxylic acids is 1. The predicted molar refractivity (Wildman–Crippen MR) is 97.3 cm³/mol. The summed E-state index contributed by atoms with van der Waals surface area (Å²) in [6, 6.07) is 12.2. The lowest BCUT2D eigenvalue weighted by Crippen LogP contribution is -2.06. The molecule has 0 saturated heterocycles. The van der Waals surface area contributed by atoms with Crippen LogP contribution in [0.3, 0.4) is 0 Å². The van der Waals surface area contributed by atoms with Crippen molar-refractivity contribution < 1.29 is 24.1 Å². The maximum Gasteiger partial charge on any atom is 0.336 e. The highest BCUT2D eigenvalue weighted by molar-refractivity contribution is 6.20. The van der Waals surface area contributed by atoms with E-state index in [-0.39, 0.29) is 11.7 Å². The largest absolute Gasteiger partial charge is 0.497 e. The molecule has 2 rings (SSSR count). The van der Waals surface area contributed by atoms with Crippen LogP contribution in [0.4, 0.5) is 0 Å². The summed E-state index contributed by atoms with van der Waals surface area (Å²) in [5.41, 5.74) is 1.48. The van der Waals surface area contributed by atoms with E-state index in [9.17, 15) is 9.90 Å². The molecule has 0 unspecified atom stereocenters. The zero-order chi connectivity index (χ0) is 18.4. The monoisotopic (exact) mass is 342 g/mol. The molecule has 0 radical (unpaired) electrons. The summed E-state index contributed by atoms with van der Waals surface area (Å²) in [5.74, 6) is 0.842. The summed E-state index contributed by atoms with van der Waals surface area (Å²) < 4.78 is 16.1. The molecule has 25 heavy (non-hydrogen) atoms. The predicted octanol–water partition coefficient (Wildman–Crippen LogP) is 4.12. The zero-order valence-corrected chi connectivity index (χ0v) is 14.8. The number of carboxylic acid groups (broad SMARTS) is 1. The first-order chi connectivity index (χ1) is 11.9. The molecule has 132 valence electrons. The third-order valence-electron chi connectivity index (χ3n) is 3.49. The molecule has 0 heterocycles. The molecule has 5 nitrogen and oxygen atoms in total. The second-order valence-corrected chi connectivity index (χ2v) is 5.67. The van der Waals surface area contributed by atoms with Crippen molar-refractivity contribution in [2.75, 3.05) is 14.2 Å². The van der Waals surface area contributed by atoms with Gasteiger partial charge in [0.15, 0.2) is 11.5 Å². The van der Waals surface area contributed by atoms with Gasteiger partial charge in [-0.15, -0.1) is 0 Å². The molecule has 2 aromatic carbocycles. The summed E-state index contributed by atoms with van der Waals surface area (Å²) in [7, 11) is 3.12. The van der Waals surface area contributed by atoms with Gasteiger partial charge in [0.25, 0.3) is 0 Å². The number of hydrogen-bond donors (Lipinski definition) is 1. The molecule has 1 N–H and O–H groups in total. The maximum absolute atomic E-state index is 11.7. The van der Waals surface area contributed by atoms with Gasteiger partial charge < -0.3 is 19.3 Å². The molecule has 2 aromatic rings. The molecule has 0 aliphatic rings. The van der Waals surface area contributed by atoms with Crippen molar-refractivity contribution >= 4 is 17.6 Å². The highest BCUT2D eigenvalue weighted by Crippen LogP contribution is 2.31. The summed E-state index contributed by atoms with van der Waals surface area (Å²) in [6.45, 7) is 3.86. The van der Waals surface area contributed by atoms with Gasteiger partial charge in [0, 0.05) is 0 Å². The minimum Gasteiger partial charge on any atom is -0.497 e. The minimum absolute atomic E-state index is 0.0178. The molecule has 0 aliphatic heterocycles. The van der Waals surface area contributed by atoms with Crippen LogP contribution in [0.2, 0.25) is 0 Å². The van der Waals surface area contributed by atoms with E-state index in [0.717, 1.165) is 0 Å². The van der Waals surface area contributed by atoms with E-state index < -0.39 is 5.97 Å². The van der Waals surface area contributed by atoms with Crippen LogP contribution in [0.5, 0.6) is 17.2 Å². The Hall–Kier alpha value is -2.95. The van der Waals surface area contributed by atoms with E-state index in [1.54, 1.807) is 62.8 Å². The van der Waals surface area contributed by atoms with Crippen molar-refractivity contribution in [1.82, 2.24) is 0 Å². The molecule has 0 spiro atoms. The molecular formula is C20H22O5. The van der Waals surface area contributed by atoms with Gasteiger partial charge >= 0.3 is 5.97 Å². The molecule has 0 bridgehead atoms. The van der Waals surface area contributed by atoms with Crippen molar-refractivity contribution in [3.8, 4) is 17.2 Å². The lowest BCUT2D eigenvalue weighted by atomic mass is 10.0. The topological polar surface area (TPSA) is 65.0 Å². The van der Waals surface area contributed by atoms with Gasteiger partial charge in [0.2, 0.25) is 0 Å². The second-order valence-electron chi connectivity index (χ2n) is 5.67. The van der Waals surface area contributed by atoms with Crippen LogP contribution in [0, 0.1) is 0 Å². The van der Waals surface area contributed by atoms with Crippen molar-refractivity contribution in [2.24, 2.45) is 0 Å². The third-order valence-corrected chi connectivity index (χ3v) is 3.49. The number of benzene rings is 2. The van der Waals surface area contributed by atoms with Crippen molar-refractivity contribution in [3.05, 3.63) is 53.6 Å². The van der Waals surface area contributed by atoms with Crippen LogP contribution in [-0.2, 0) is 4.79 Å². The van der Waals surface area contributed by atoms with Crippen LogP contribution in [-0.4, -0.2) is 31.4 Å². The van der Waals surface area contributed by atoms with Gasteiger partial charge in [-0.05, 0) is 55.3 Å². The first kappa shape index (κ1) is 18.4. The molecule has 0 saturated carbocycles. The summed E-state index contributed by atoms with van der Waals surface area (Å²) >= 11 is 0. The first-order valence-electron chi connectivity index (χ1n) is 7.88. The molecule has 5 heteroatoms. The average molecular weight is 342 g/mol. The lowest BCUT2D eigenvalue weighted by Gasteiger charge is -2.14. The Morgan fingerprint density at radius 2 is 1.68 bits per heavy atom. The molecule has 0 fully saturated rings. The van der Waals surface area contributed by atoms with E-state index in [0.29, 0.717) is 28.4 Å². The number of methoxy groups -OCH3 is 2. The maximum atomic E-state index is 11.7. The lowest BCUT2D eigenvalue weighted by molar-refractivity contribution is -0.130. The Kier molecular flexibility index (Phi) is 6.06. The number of rotatable bonds is 7. The number of hydrogen-bond acceptors (Lipinski definition) is 4. The Bertz CT molecular complexity index is 760. The zero-order valence-electron chi connectivity index (χ0n) is 14.8. The van der Waals surface area contributed by atoms with Crippen molar-refractivity contribution in [3.63, 3.8) is 0 Å². The van der Waals surface area contributed by atoms with Gasteiger partial charge in [-0.3, -0.25) is 0 Å². The van der Waals surface area contributed by atoms with Gasteiger partial charge in [-0.25, -0.2) is 4.79 Å². The van der Waals surface area contributed by atoms with E-state index in [2.05, 4.69) is 0 Å². The fraction of sp³-hybridized carbons (Fsp3) is 0.250. The van der Waals surface area contributed by atoms with Crippen LogP contribution in [0.1, 0.15) is 25.0 Å². The van der Waals surface area contributed by atoms with Gasteiger partial charge in [-0.2, -0.15) is 0 Å². The summed E-state index contributed by atoms with van der Waals surface area (Å²) in [5, 5.41) is 9.56. The summed E-state index contributed by atoms with van der Waals surface area (Å²) in [4.78, 5) is 11.7. The number of carbonyl (C=O) groups is 1. The smallest absolute Gasteiger partial charge is 0.336 e. The van der Waals surface area contributed by atoms with E-state index in [4.69, 9.17) is 14.2 Å². The van der Waals surface area contributed by atoms with E-state index >= 15 is 0 Å². The van der Waals surface area contributed by atoms with E-state index in [1.807, 2.05) is 13.8 Å². The number of carboxylic acids is 1. The molecular weight excluding hydrogens is 320 g/mol. The second kappa shape index (κ2) is 8.24. The molecule has 0 amide bonds. The fourth-order valence-electron chi connectivity index (χ4n) is 2.33. The molecule has 0 aliphatic carbocycles.